The van der Waals surface area contributed by atoms with Gasteiger partial charge in [-0.1, -0.05) is 70.9 Å². The van der Waals surface area contributed by atoms with Crippen LogP contribution < -0.4 is 0 Å². The van der Waals surface area contributed by atoms with Gasteiger partial charge in [-0.2, -0.15) is 0 Å². The minimum absolute atomic E-state index is 0.870. The van der Waals surface area contributed by atoms with Crippen molar-refractivity contribution in [2.75, 3.05) is 0 Å². The lowest BCUT2D eigenvalue weighted by molar-refractivity contribution is 0.162. The molecule has 3 fully saturated rings. The van der Waals surface area contributed by atoms with Crippen molar-refractivity contribution in [3.8, 4) is 0 Å². The summed E-state index contributed by atoms with van der Waals surface area (Å²) in [6.07, 6.45) is 20.7. The Morgan fingerprint density at radius 1 is 0.750 bits per heavy atom. The number of rotatable bonds is 3. The van der Waals surface area contributed by atoms with Crippen LogP contribution in [0.3, 0.4) is 0 Å². The van der Waals surface area contributed by atoms with Crippen LogP contribution in [0.1, 0.15) is 104 Å². The monoisotopic (exact) mass is 330 g/mol. The van der Waals surface area contributed by atoms with Crippen molar-refractivity contribution >= 4 is 0 Å². The molecule has 2 atom stereocenters. The van der Waals surface area contributed by atoms with E-state index in [9.17, 15) is 0 Å². The van der Waals surface area contributed by atoms with E-state index in [1.165, 1.54) is 89.9 Å². The average molecular weight is 331 g/mol. The van der Waals surface area contributed by atoms with E-state index in [1.807, 2.05) is 0 Å². The molecule has 3 rings (SSSR count). The molecule has 0 aromatic rings. The summed E-state index contributed by atoms with van der Waals surface area (Å²) >= 11 is 0. The number of hydrogen-bond acceptors (Lipinski definition) is 0. The zero-order valence-corrected chi connectivity index (χ0v) is 16.6. The topological polar surface area (TPSA) is 0 Å². The predicted octanol–water partition coefficient (Wildman–Crippen LogP) is 7.78. The lowest BCUT2D eigenvalue weighted by Crippen LogP contribution is -2.26. The molecule has 0 heterocycles. The molecular weight excluding hydrogens is 288 g/mol. The van der Waals surface area contributed by atoms with Crippen LogP contribution in [0.5, 0.6) is 0 Å². The first kappa shape index (κ1) is 18.5. The zero-order chi connectivity index (χ0) is 16.9. The molecule has 0 amide bonds. The van der Waals surface area contributed by atoms with Gasteiger partial charge in [0, 0.05) is 0 Å². The Hall–Kier alpha value is -0.260. The Kier molecular flexibility index (Phi) is 6.88. The summed E-state index contributed by atoms with van der Waals surface area (Å²) in [7, 11) is 0. The molecule has 2 unspecified atom stereocenters. The lowest BCUT2D eigenvalue weighted by Gasteiger charge is -2.39. The number of allylic oxidation sites excluding steroid dienone is 1. The first-order valence-electron chi connectivity index (χ1n) is 11.3. The van der Waals surface area contributed by atoms with Gasteiger partial charge >= 0.3 is 0 Å². The molecule has 0 saturated heterocycles. The fourth-order valence-corrected chi connectivity index (χ4v) is 6.30. The van der Waals surface area contributed by atoms with Crippen LogP contribution in [0.2, 0.25) is 0 Å². The number of hydrogen-bond donors (Lipinski definition) is 0. The van der Waals surface area contributed by atoms with Crippen molar-refractivity contribution in [1.82, 2.24) is 0 Å². The van der Waals surface area contributed by atoms with E-state index in [0.29, 0.717) is 0 Å². The highest BCUT2D eigenvalue weighted by Crippen LogP contribution is 2.44. The van der Waals surface area contributed by atoms with Gasteiger partial charge in [-0.05, 0) is 80.5 Å². The highest BCUT2D eigenvalue weighted by Gasteiger charge is 2.32. The van der Waals surface area contributed by atoms with E-state index in [2.05, 4.69) is 20.4 Å². The van der Waals surface area contributed by atoms with Gasteiger partial charge in [-0.15, -0.1) is 0 Å². The quantitative estimate of drug-likeness (QED) is 0.463. The maximum Gasteiger partial charge on any atom is -0.0178 e. The highest BCUT2D eigenvalue weighted by molar-refractivity contribution is 5.05. The third-order valence-electron chi connectivity index (χ3n) is 8.22. The van der Waals surface area contributed by atoms with Crippen molar-refractivity contribution in [2.24, 2.45) is 35.5 Å². The Morgan fingerprint density at radius 2 is 1.38 bits per heavy atom. The first-order valence-corrected chi connectivity index (χ1v) is 11.3. The third-order valence-corrected chi connectivity index (χ3v) is 8.22. The van der Waals surface area contributed by atoms with Gasteiger partial charge in [-0.3, -0.25) is 0 Å². The van der Waals surface area contributed by atoms with Crippen LogP contribution in [0, 0.1) is 35.5 Å². The minimum Gasteiger partial charge on any atom is -0.0996 e. The molecule has 138 valence electrons. The van der Waals surface area contributed by atoms with E-state index in [4.69, 9.17) is 0 Å². The second-order valence-electron chi connectivity index (χ2n) is 9.70. The van der Waals surface area contributed by atoms with Gasteiger partial charge < -0.3 is 0 Å². The van der Waals surface area contributed by atoms with Crippen molar-refractivity contribution < 1.29 is 0 Å². The van der Waals surface area contributed by atoms with Crippen LogP contribution in [0.4, 0.5) is 0 Å². The van der Waals surface area contributed by atoms with Gasteiger partial charge in [0.05, 0.1) is 0 Å². The van der Waals surface area contributed by atoms with Crippen LogP contribution >= 0.6 is 0 Å². The van der Waals surface area contributed by atoms with Gasteiger partial charge in [0.15, 0.2) is 0 Å². The minimum atomic E-state index is 0.870. The van der Waals surface area contributed by atoms with Gasteiger partial charge in [0.25, 0.3) is 0 Å². The fraction of sp³-hybridized carbons (Fsp3) is 0.917. The van der Waals surface area contributed by atoms with E-state index in [0.717, 1.165) is 35.5 Å². The van der Waals surface area contributed by atoms with Gasteiger partial charge in [-0.25, -0.2) is 0 Å². The molecule has 0 aliphatic heterocycles. The Balaban J connectivity index is 1.49. The van der Waals surface area contributed by atoms with Crippen molar-refractivity contribution in [3.05, 3.63) is 12.2 Å². The summed E-state index contributed by atoms with van der Waals surface area (Å²) < 4.78 is 0. The molecule has 3 aliphatic rings. The molecule has 24 heavy (non-hydrogen) atoms. The van der Waals surface area contributed by atoms with Crippen molar-refractivity contribution in [3.63, 3.8) is 0 Å². The van der Waals surface area contributed by atoms with Crippen LogP contribution in [-0.4, -0.2) is 0 Å². The van der Waals surface area contributed by atoms with E-state index in [-0.39, 0.29) is 0 Å². The Bertz CT molecular complexity index is 379. The van der Waals surface area contributed by atoms with E-state index in [1.54, 1.807) is 5.57 Å². The molecule has 0 aromatic carbocycles. The maximum atomic E-state index is 4.60. The largest absolute Gasteiger partial charge is 0.0996 e. The van der Waals surface area contributed by atoms with Crippen LogP contribution in [-0.2, 0) is 0 Å². The summed E-state index contributed by atoms with van der Waals surface area (Å²) in [5.74, 6) is 5.94. The Labute approximate surface area is 151 Å². The third kappa shape index (κ3) is 4.67. The van der Waals surface area contributed by atoms with Crippen LogP contribution in [0.25, 0.3) is 0 Å². The SMILES string of the molecule is C=C1CCC(C2CCC(CC)CC2)CCCC1C1CCC(C)CC1. The first-order chi connectivity index (χ1) is 11.7. The van der Waals surface area contributed by atoms with Crippen LogP contribution in [0.15, 0.2) is 12.2 Å². The summed E-state index contributed by atoms with van der Waals surface area (Å²) in [6, 6.07) is 0. The van der Waals surface area contributed by atoms with E-state index >= 15 is 0 Å². The molecule has 0 bridgehead atoms. The summed E-state index contributed by atoms with van der Waals surface area (Å²) in [5.41, 5.74) is 1.64. The van der Waals surface area contributed by atoms with Gasteiger partial charge in [0.2, 0.25) is 0 Å². The Morgan fingerprint density at radius 3 is 2.04 bits per heavy atom. The summed E-state index contributed by atoms with van der Waals surface area (Å²) in [6.45, 7) is 9.43. The molecule has 0 N–H and O–H groups in total. The molecule has 0 aromatic heterocycles. The standard InChI is InChI=1S/C24H42/c1-4-20-11-16-22(17-12-20)21-6-5-7-24(19(3)10-15-21)23-13-8-18(2)9-14-23/h18,20-24H,3-17H2,1-2H3. The van der Waals surface area contributed by atoms with Crippen molar-refractivity contribution in [2.45, 2.75) is 104 Å². The molecule has 3 aliphatic carbocycles. The normalized spacial score (nSPS) is 42.3. The molecule has 3 saturated carbocycles. The molecule has 0 spiro atoms. The smallest absolute Gasteiger partial charge is 0.0178 e. The van der Waals surface area contributed by atoms with Gasteiger partial charge in [0.1, 0.15) is 0 Å². The fourth-order valence-electron chi connectivity index (χ4n) is 6.30. The molecule has 0 radical (unpaired) electrons. The second kappa shape index (κ2) is 8.91. The lowest BCUT2D eigenvalue weighted by atomic mass is 9.67. The second-order valence-corrected chi connectivity index (χ2v) is 9.70. The molecular formula is C24H42. The highest BCUT2D eigenvalue weighted by atomic mass is 14.4. The maximum absolute atomic E-state index is 4.60. The summed E-state index contributed by atoms with van der Waals surface area (Å²) in [5, 5.41) is 0. The molecule has 0 nitrogen and oxygen atoms in total. The average Bonchev–Trinajstić information content (AvgIpc) is 2.60. The van der Waals surface area contributed by atoms with Crippen molar-refractivity contribution in [1.29, 1.82) is 0 Å². The summed E-state index contributed by atoms with van der Waals surface area (Å²) in [4.78, 5) is 0. The zero-order valence-electron chi connectivity index (χ0n) is 16.6. The molecule has 0 heteroatoms. The van der Waals surface area contributed by atoms with E-state index < -0.39 is 0 Å². The predicted molar refractivity (Wildman–Crippen MR) is 106 cm³/mol.